The Morgan fingerprint density at radius 3 is 2.91 bits per heavy atom. The van der Waals surface area contributed by atoms with Gasteiger partial charge in [-0.25, -0.2) is 18.4 Å². The highest BCUT2D eigenvalue weighted by Gasteiger charge is 2.39. The minimum Gasteiger partial charge on any atom is -0.411 e. The molecule has 2 atom stereocenters. The summed E-state index contributed by atoms with van der Waals surface area (Å²) in [5.41, 5.74) is 2.45. The lowest BCUT2D eigenvalue weighted by Crippen LogP contribution is -2.53. The van der Waals surface area contributed by atoms with Crippen LogP contribution in [0.4, 0.5) is 11.5 Å². The molecule has 0 saturated carbocycles. The number of anilines is 2. The summed E-state index contributed by atoms with van der Waals surface area (Å²) < 4.78 is 25.5. The van der Waals surface area contributed by atoms with E-state index in [-0.39, 0.29) is 5.75 Å². The number of aromatic amines is 1. The second-order valence-electron chi connectivity index (χ2n) is 7.73. The highest BCUT2D eigenvalue weighted by Crippen LogP contribution is 2.31. The van der Waals surface area contributed by atoms with Crippen LogP contribution in [0.5, 0.6) is 0 Å². The van der Waals surface area contributed by atoms with Crippen LogP contribution in [0.3, 0.4) is 0 Å². The number of nitrogens with zero attached hydrogens (tertiary/aromatic N) is 4. The SMILES string of the molecule is C=CC1C(/C=C\C)S(=O)(=O)CCN1c1ncccc1CN(C(=C)/C=C\C=N\O)c1ccc[nH+]c1. The number of sulfone groups is 1. The molecule has 8 nitrogen and oxygen atoms in total. The van der Waals surface area contributed by atoms with Crippen molar-refractivity contribution < 1.29 is 18.6 Å². The van der Waals surface area contributed by atoms with Crippen molar-refractivity contribution in [1.82, 2.24) is 4.98 Å². The second kappa shape index (κ2) is 11.4. The molecule has 2 aromatic rings. The third-order valence-electron chi connectivity index (χ3n) is 5.61. The van der Waals surface area contributed by atoms with Crippen molar-refractivity contribution in [3.05, 3.63) is 97.7 Å². The molecule has 0 spiro atoms. The van der Waals surface area contributed by atoms with Crippen molar-refractivity contribution in [2.75, 3.05) is 22.1 Å². The van der Waals surface area contributed by atoms with Crippen LogP contribution in [0, 0.1) is 0 Å². The van der Waals surface area contributed by atoms with Crippen molar-refractivity contribution in [3.63, 3.8) is 0 Å². The minimum atomic E-state index is -3.29. The van der Waals surface area contributed by atoms with E-state index in [9.17, 15) is 8.42 Å². The summed E-state index contributed by atoms with van der Waals surface area (Å²) in [6, 6.07) is 7.24. The summed E-state index contributed by atoms with van der Waals surface area (Å²) in [4.78, 5) is 11.7. The van der Waals surface area contributed by atoms with Crippen LogP contribution in [0.2, 0.25) is 0 Å². The Morgan fingerprint density at radius 2 is 2.24 bits per heavy atom. The number of aromatic nitrogens is 2. The van der Waals surface area contributed by atoms with E-state index in [0.717, 1.165) is 11.3 Å². The fraction of sp³-hybridized carbons (Fsp3) is 0.240. The van der Waals surface area contributed by atoms with Gasteiger partial charge in [0.05, 0.1) is 24.6 Å². The molecule has 0 bridgehead atoms. The maximum atomic E-state index is 12.8. The summed E-state index contributed by atoms with van der Waals surface area (Å²) in [6.07, 6.45) is 15.1. The molecule has 178 valence electrons. The molecule has 2 N–H and O–H groups in total. The normalized spacial score (nSPS) is 20.2. The number of pyridine rings is 2. The molecule has 2 aromatic heterocycles. The zero-order chi connectivity index (χ0) is 24.6. The van der Waals surface area contributed by atoms with Crippen LogP contribution in [0.1, 0.15) is 12.5 Å². The number of oxime groups is 1. The molecule has 9 heteroatoms. The van der Waals surface area contributed by atoms with E-state index < -0.39 is 21.1 Å². The zero-order valence-electron chi connectivity index (χ0n) is 19.2. The van der Waals surface area contributed by atoms with E-state index in [1.165, 1.54) is 6.21 Å². The lowest BCUT2D eigenvalue weighted by molar-refractivity contribution is -0.377. The van der Waals surface area contributed by atoms with Crippen LogP contribution in [-0.2, 0) is 16.4 Å². The van der Waals surface area contributed by atoms with E-state index in [2.05, 4.69) is 28.3 Å². The number of hydrogen-bond donors (Lipinski definition) is 1. The summed E-state index contributed by atoms with van der Waals surface area (Å²) in [6.45, 7) is 10.7. The Bertz CT molecular complexity index is 1190. The van der Waals surface area contributed by atoms with Gasteiger partial charge in [-0.2, -0.15) is 0 Å². The van der Waals surface area contributed by atoms with Crippen molar-refractivity contribution in [1.29, 1.82) is 0 Å². The Kier molecular flexibility index (Phi) is 8.37. The van der Waals surface area contributed by atoms with E-state index >= 15 is 0 Å². The van der Waals surface area contributed by atoms with Crippen molar-refractivity contribution >= 4 is 27.6 Å². The predicted octanol–water partition coefficient (Wildman–Crippen LogP) is 3.17. The fourth-order valence-electron chi connectivity index (χ4n) is 4.01. The van der Waals surface area contributed by atoms with Gasteiger partial charge in [-0.3, -0.25) is 0 Å². The molecule has 3 heterocycles. The molecule has 1 fully saturated rings. The maximum Gasteiger partial charge on any atom is 0.190 e. The number of nitrogens with one attached hydrogen (secondary N) is 1. The van der Waals surface area contributed by atoms with Gasteiger partial charge in [-0.15, -0.1) is 6.58 Å². The molecule has 34 heavy (non-hydrogen) atoms. The van der Waals surface area contributed by atoms with E-state index in [1.807, 2.05) is 53.4 Å². The number of H-pyrrole nitrogens is 1. The highest BCUT2D eigenvalue weighted by molar-refractivity contribution is 7.92. The van der Waals surface area contributed by atoms with Crippen molar-refractivity contribution in [2.45, 2.75) is 24.8 Å². The standard InChI is InChI=1S/C25H29N5O3S/c1-4-9-24-23(5-2)29(16-17-34(24,32)33)25-21(11-7-14-27-25)19-30(20(3)10-6-15-28-31)22-12-8-13-26-18-22/h4-15,18,23-24,31H,2-3,16-17,19H2,1H3/p+1/b9-4-,10-6-,28-15+. The summed E-state index contributed by atoms with van der Waals surface area (Å²) in [5.74, 6) is 0.741. The average molecular weight is 481 g/mol. The van der Waals surface area contributed by atoms with Gasteiger partial charge >= 0.3 is 0 Å². The first-order chi connectivity index (χ1) is 16.4. The largest absolute Gasteiger partial charge is 0.411 e. The molecule has 1 saturated heterocycles. The number of rotatable bonds is 9. The Morgan fingerprint density at radius 1 is 1.41 bits per heavy atom. The molecule has 0 amide bonds. The molecule has 0 aliphatic carbocycles. The van der Waals surface area contributed by atoms with Crippen LogP contribution in [0.15, 0.2) is 97.2 Å². The first kappa shape index (κ1) is 24.9. The molecule has 0 radical (unpaired) electrons. The Labute approximate surface area is 200 Å². The van der Waals surface area contributed by atoms with E-state index in [4.69, 9.17) is 5.21 Å². The number of hydrogen-bond acceptors (Lipinski definition) is 7. The summed E-state index contributed by atoms with van der Waals surface area (Å²) >= 11 is 0. The van der Waals surface area contributed by atoms with Gasteiger partial charge in [-0.1, -0.05) is 36.0 Å². The lowest BCUT2D eigenvalue weighted by Gasteiger charge is -2.40. The molecule has 0 aromatic carbocycles. The van der Waals surface area contributed by atoms with Gasteiger partial charge in [0.25, 0.3) is 0 Å². The molecule has 3 rings (SSSR count). The fourth-order valence-corrected chi connectivity index (χ4v) is 5.81. The quantitative estimate of drug-likeness (QED) is 0.195. The summed E-state index contributed by atoms with van der Waals surface area (Å²) in [7, 11) is -3.29. The highest BCUT2D eigenvalue weighted by atomic mass is 32.2. The van der Waals surface area contributed by atoms with Crippen LogP contribution >= 0.6 is 0 Å². The molecule has 1 aliphatic rings. The van der Waals surface area contributed by atoms with Crippen LogP contribution in [-0.4, -0.2) is 48.4 Å². The van der Waals surface area contributed by atoms with Gasteiger partial charge in [0.2, 0.25) is 0 Å². The molecular formula is C25H30N5O3S+. The first-order valence-corrected chi connectivity index (χ1v) is 12.6. The third kappa shape index (κ3) is 5.60. The zero-order valence-corrected chi connectivity index (χ0v) is 20.0. The lowest BCUT2D eigenvalue weighted by atomic mass is 10.1. The first-order valence-electron chi connectivity index (χ1n) is 10.9. The molecular weight excluding hydrogens is 450 g/mol. The van der Waals surface area contributed by atoms with Gasteiger partial charge in [-0.05, 0) is 31.2 Å². The topological polar surface area (TPSA) is 100 Å². The minimum absolute atomic E-state index is 0.0374. The Balaban J connectivity index is 2.01. The van der Waals surface area contributed by atoms with Crippen LogP contribution in [0.25, 0.3) is 0 Å². The summed E-state index contributed by atoms with van der Waals surface area (Å²) in [5, 5.41) is 11.0. The molecule has 1 aliphatic heterocycles. The Hall–Kier alpha value is -3.72. The van der Waals surface area contributed by atoms with Gasteiger partial charge in [0, 0.05) is 30.1 Å². The molecule has 2 unspecified atom stereocenters. The van der Waals surface area contributed by atoms with Gasteiger partial charge in [0.15, 0.2) is 22.2 Å². The van der Waals surface area contributed by atoms with Crippen LogP contribution < -0.4 is 14.8 Å². The van der Waals surface area contributed by atoms with Crippen molar-refractivity contribution in [2.24, 2.45) is 5.16 Å². The van der Waals surface area contributed by atoms with Crippen molar-refractivity contribution in [3.8, 4) is 0 Å². The smallest absolute Gasteiger partial charge is 0.190 e. The monoisotopic (exact) mass is 480 g/mol. The average Bonchev–Trinajstić information content (AvgIpc) is 2.84. The van der Waals surface area contributed by atoms with Gasteiger partial charge < -0.3 is 15.0 Å². The van der Waals surface area contributed by atoms with E-state index in [0.29, 0.717) is 24.6 Å². The number of allylic oxidation sites excluding steroid dienone is 3. The maximum absolute atomic E-state index is 12.8. The van der Waals surface area contributed by atoms with Gasteiger partial charge in [0.1, 0.15) is 16.8 Å². The van der Waals surface area contributed by atoms with E-state index in [1.54, 1.807) is 36.6 Å². The second-order valence-corrected chi connectivity index (χ2v) is 10.0. The third-order valence-corrected chi connectivity index (χ3v) is 7.63. The predicted molar refractivity (Wildman–Crippen MR) is 136 cm³/mol.